The molecule has 2 aromatic rings. The second-order valence-electron chi connectivity index (χ2n) is 7.98. The van der Waals surface area contributed by atoms with Crippen molar-refractivity contribution in [2.75, 3.05) is 25.0 Å². The van der Waals surface area contributed by atoms with Crippen LogP contribution in [-0.2, 0) is 9.59 Å². The molecule has 1 fully saturated rings. The van der Waals surface area contributed by atoms with Crippen molar-refractivity contribution in [3.8, 4) is 0 Å². The Morgan fingerprint density at radius 1 is 1.14 bits per heavy atom. The minimum absolute atomic E-state index is 0.0634. The topological polar surface area (TPSA) is 82.5 Å². The zero-order valence-corrected chi connectivity index (χ0v) is 16.5. The molecule has 2 N–H and O–H groups in total. The van der Waals surface area contributed by atoms with Crippen LogP contribution in [0.4, 0.5) is 5.82 Å². The second-order valence-corrected chi connectivity index (χ2v) is 7.98. The number of carbonyl (C=O) groups excluding carboxylic acids is 1. The number of benzene rings is 1. The Morgan fingerprint density at radius 2 is 1.93 bits per heavy atom. The fraction of sp³-hybridized carbons (Fsp3) is 0.435. The van der Waals surface area contributed by atoms with E-state index in [1.807, 2.05) is 35.2 Å². The van der Waals surface area contributed by atoms with Crippen molar-refractivity contribution in [3.05, 3.63) is 59.8 Å². The third kappa shape index (κ3) is 4.26. The highest BCUT2D eigenvalue weighted by molar-refractivity contribution is 5.76. The number of nitrogens with zero attached hydrogens (tertiary/aromatic N) is 2. The average molecular weight is 393 g/mol. The van der Waals surface area contributed by atoms with E-state index >= 15 is 0 Å². The van der Waals surface area contributed by atoms with Gasteiger partial charge in [-0.3, -0.25) is 9.59 Å². The van der Waals surface area contributed by atoms with Crippen LogP contribution >= 0.6 is 0 Å². The summed E-state index contributed by atoms with van der Waals surface area (Å²) in [4.78, 5) is 30.3. The van der Waals surface area contributed by atoms with Crippen LogP contribution in [0.15, 0.2) is 48.7 Å². The Labute approximate surface area is 171 Å². The van der Waals surface area contributed by atoms with Crippen LogP contribution in [0.5, 0.6) is 0 Å². The summed E-state index contributed by atoms with van der Waals surface area (Å²) in [6, 6.07) is 13.9. The molecule has 0 spiro atoms. The molecule has 1 aliphatic heterocycles. The molecule has 4 rings (SSSR count). The lowest BCUT2D eigenvalue weighted by Crippen LogP contribution is -2.42. The number of piperidine rings is 1. The number of likely N-dealkylation sites (tertiary alicyclic amines) is 1. The molecule has 1 amide bonds. The molecular weight excluding hydrogens is 366 g/mol. The van der Waals surface area contributed by atoms with Gasteiger partial charge in [-0.2, -0.15) is 0 Å². The van der Waals surface area contributed by atoms with Crippen LogP contribution in [0.2, 0.25) is 0 Å². The quantitative estimate of drug-likeness (QED) is 0.704. The summed E-state index contributed by atoms with van der Waals surface area (Å²) in [6.07, 6.45) is 4.06. The minimum atomic E-state index is -0.746. The van der Waals surface area contributed by atoms with E-state index < -0.39 is 5.97 Å². The van der Waals surface area contributed by atoms with Crippen molar-refractivity contribution in [1.29, 1.82) is 0 Å². The predicted molar refractivity (Wildman–Crippen MR) is 111 cm³/mol. The van der Waals surface area contributed by atoms with Crippen LogP contribution in [0.3, 0.4) is 0 Å². The Kier molecular flexibility index (Phi) is 5.79. The number of nitrogens with one attached hydrogen (secondary N) is 1. The van der Waals surface area contributed by atoms with Gasteiger partial charge >= 0.3 is 5.97 Å². The van der Waals surface area contributed by atoms with Gasteiger partial charge in [0.25, 0.3) is 0 Å². The van der Waals surface area contributed by atoms with Crippen LogP contribution < -0.4 is 5.32 Å². The summed E-state index contributed by atoms with van der Waals surface area (Å²) in [5.74, 6) is 0.898. The molecular formula is C23H27N3O3. The highest BCUT2D eigenvalue weighted by atomic mass is 16.4. The van der Waals surface area contributed by atoms with Gasteiger partial charge in [0.1, 0.15) is 5.82 Å². The third-order valence-corrected chi connectivity index (χ3v) is 6.26. The maximum Gasteiger partial charge on any atom is 0.303 e. The van der Waals surface area contributed by atoms with E-state index in [0.29, 0.717) is 25.4 Å². The number of amides is 1. The number of anilines is 1. The van der Waals surface area contributed by atoms with Gasteiger partial charge < -0.3 is 15.3 Å². The molecule has 6 nitrogen and oxygen atoms in total. The summed E-state index contributed by atoms with van der Waals surface area (Å²) >= 11 is 0. The van der Waals surface area contributed by atoms with E-state index in [2.05, 4.69) is 22.4 Å². The number of rotatable bonds is 7. The number of carboxylic acids is 1. The van der Waals surface area contributed by atoms with E-state index in [1.54, 1.807) is 6.20 Å². The summed E-state index contributed by atoms with van der Waals surface area (Å²) in [6.45, 7) is 2.13. The Hall–Kier alpha value is -2.89. The van der Waals surface area contributed by atoms with E-state index in [-0.39, 0.29) is 24.2 Å². The van der Waals surface area contributed by atoms with E-state index in [9.17, 15) is 14.7 Å². The number of hydrogen-bond acceptors (Lipinski definition) is 4. The lowest BCUT2D eigenvalue weighted by molar-refractivity contribution is -0.138. The van der Waals surface area contributed by atoms with Gasteiger partial charge in [-0.15, -0.1) is 0 Å². The van der Waals surface area contributed by atoms with Crippen molar-refractivity contribution >= 4 is 17.7 Å². The van der Waals surface area contributed by atoms with E-state index in [4.69, 9.17) is 0 Å². The molecule has 1 aliphatic carbocycles. The maximum absolute atomic E-state index is 12.8. The highest BCUT2D eigenvalue weighted by Crippen LogP contribution is 2.51. The maximum atomic E-state index is 12.8. The molecule has 2 aliphatic rings. The van der Waals surface area contributed by atoms with Gasteiger partial charge in [0.2, 0.25) is 5.91 Å². The van der Waals surface area contributed by atoms with Crippen molar-refractivity contribution in [2.24, 2.45) is 5.92 Å². The summed E-state index contributed by atoms with van der Waals surface area (Å²) in [5.41, 5.74) is 2.40. The zero-order valence-electron chi connectivity index (χ0n) is 16.5. The molecule has 0 bridgehead atoms. The summed E-state index contributed by atoms with van der Waals surface area (Å²) < 4.78 is 0. The smallest absolute Gasteiger partial charge is 0.303 e. The SMILES string of the molecule is O=C(O)C[C@@H]1c2ccccc2C2CN(C(=O)CCCNc3ccccn3)CCC21. The second kappa shape index (κ2) is 8.64. The predicted octanol–water partition coefficient (Wildman–Crippen LogP) is 3.48. The first kappa shape index (κ1) is 19.4. The zero-order chi connectivity index (χ0) is 20.2. The molecule has 1 saturated heterocycles. The van der Waals surface area contributed by atoms with Crippen molar-refractivity contribution in [2.45, 2.75) is 37.5 Å². The first-order valence-electron chi connectivity index (χ1n) is 10.4. The Balaban J connectivity index is 1.34. The van der Waals surface area contributed by atoms with Crippen LogP contribution in [-0.4, -0.2) is 46.5 Å². The lowest BCUT2D eigenvalue weighted by atomic mass is 9.80. The largest absolute Gasteiger partial charge is 0.481 e. The Morgan fingerprint density at radius 3 is 2.69 bits per heavy atom. The van der Waals surface area contributed by atoms with Gasteiger partial charge in [0.05, 0.1) is 6.42 Å². The molecule has 2 heterocycles. The number of hydrogen-bond donors (Lipinski definition) is 2. The van der Waals surface area contributed by atoms with Gasteiger partial charge in [0.15, 0.2) is 0 Å². The van der Waals surface area contributed by atoms with Crippen LogP contribution in [0, 0.1) is 5.92 Å². The van der Waals surface area contributed by atoms with E-state index in [0.717, 1.165) is 25.2 Å². The number of fused-ring (bicyclic) bond motifs is 3. The molecule has 3 atom stereocenters. The number of aromatic nitrogens is 1. The Bertz CT molecular complexity index is 871. The normalized spacial score (nSPS) is 22.6. The molecule has 2 unspecified atom stereocenters. The standard InChI is InChI=1S/C23H27N3O3/c27-22(9-5-12-25-21-8-3-4-11-24-21)26-13-10-18-19(14-23(28)29)16-6-1-2-7-17(16)20(18)15-26/h1-4,6-8,11,18-20H,5,9-10,12-15H2,(H,24,25)(H,28,29)/t18?,19-,20?/m1/s1. The number of carbonyl (C=O) groups is 2. The molecule has 152 valence electrons. The number of carboxylic acid groups (broad SMARTS) is 1. The lowest BCUT2D eigenvalue weighted by Gasteiger charge is -2.37. The van der Waals surface area contributed by atoms with Gasteiger partial charge in [-0.05, 0) is 47.9 Å². The van der Waals surface area contributed by atoms with Gasteiger partial charge in [-0.1, -0.05) is 30.3 Å². The van der Waals surface area contributed by atoms with Crippen molar-refractivity contribution in [1.82, 2.24) is 9.88 Å². The molecule has 29 heavy (non-hydrogen) atoms. The van der Waals surface area contributed by atoms with Crippen LogP contribution in [0.1, 0.15) is 48.6 Å². The molecule has 0 radical (unpaired) electrons. The van der Waals surface area contributed by atoms with Crippen molar-refractivity contribution < 1.29 is 14.7 Å². The first-order valence-corrected chi connectivity index (χ1v) is 10.4. The summed E-state index contributed by atoms with van der Waals surface area (Å²) in [5, 5.41) is 12.6. The molecule has 0 saturated carbocycles. The monoisotopic (exact) mass is 393 g/mol. The molecule has 1 aromatic heterocycles. The number of pyridine rings is 1. The highest BCUT2D eigenvalue weighted by Gasteiger charge is 2.44. The molecule has 6 heteroatoms. The van der Waals surface area contributed by atoms with Crippen molar-refractivity contribution in [3.63, 3.8) is 0 Å². The number of aliphatic carboxylic acids is 1. The third-order valence-electron chi connectivity index (χ3n) is 6.26. The summed E-state index contributed by atoms with van der Waals surface area (Å²) in [7, 11) is 0. The van der Waals surface area contributed by atoms with Gasteiger partial charge in [0, 0.05) is 38.2 Å². The van der Waals surface area contributed by atoms with Crippen LogP contribution in [0.25, 0.3) is 0 Å². The van der Waals surface area contributed by atoms with E-state index in [1.165, 1.54) is 11.1 Å². The minimum Gasteiger partial charge on any atom is -0.481 e. The first-order chi connectivity index (χ1) is 14.1. The fourth-order valence-corrected chi connectivity index (χ4v) is 4.96. The average Bonchev–Trinajstić information content (AvgIpc) is 3.04. The van der Waals surface area contributed by atoms with Gasteiger partial charge in [-0.25, -0.2) is 4.98 Å². The molecule has 1 aromatic carbocycles. The fourth-order valence-electron chi connectivity index (χ4n) is 4.96.